The molecule has 148 valence electrons. The van der Waals surface area contributed by atoms with E-state index in [2.05, 4.69) is 21.5 Å². The first-order valence-electron chi connectivity index (χ1n) is 8.81. The molecule has 0 saturated carbocycles. The first-order valence-corrected chi connectivity index (χ1v) is 11.5. The number of nitrogens with zero attached hydrogens (tertiary/aromatic N) is 1. The number of hydrogen-bond acceptors (Lipinski definition) is 5. The van der Waals surface area contributed by atoms with Crippen LogP contribution < -0.4 is 15.2 Å². The molecular weight excluding hydrogens is 364 g/mol. The highest BCUT2D eigenvalue weighted by molar-refractivity contribution is 7.92. The number of hydrogen-bond donors (Lipinski definition) is 4. The molecule has 8 nitrogen and oxygen atoms in total. The quantitative estimate of drug-likeness (QED) is 0.269. The highest BCUT2D eigenvalue weighted by atomic mass is 32.2. The fourth-order valence-electron chi connectivity index (χ4n) is 3.02. The number of nitrogens with two attached hydrogens (primary N) is 1. The van der Waals surface area contributed by atoms with E-state index < -0.39 is 21.3 Å². The lowest BCUT2D eigenvalue weighted by Gasteiger charge is -2.32. The van der Waals surface area contributed by atoms with Crippen LogP contribution in [-0.2, 0) is 21.3 Å². The summed E-state index contributed by atoms with van der Waals surface area (Å²) in [6, 6.07) is 0. The van der Waals surface area contributed by atoms with Crippen LogP contribution in [0.3, 0.4) is 0 Å². The van der Waals surface area contributed by atoms with E-state index in [1.807, 2.05) is 0 Å². The first-order chi connectivity index (χ1) is 11.8. The van der Waals surface area contributed by atoms with Crippen LogP contribution in [0.5, 0.6) is 0 Å². The molecule has 1 aliphatic rings. The van der Waals surface area contributed by atoms with Gasteiger partial charge in [0.1, 0.15) is 5.03 Å². The maximum Gasteiger partial charge on any atom is 0.252 e. The van der Waals surface area contributed by atoms with Gasteiger partial charge in [-0.1, -0.05) is 25.8 Å². The second-order valence-electron chi connectivity index (χ2n) is 6.53. The maximum atomic E-state index is 11.0. The van der Waals surface area contributed by atoms with Gasteiger partial charge in [-0.2, -0.15) is 0 Å². The Kier molecular flexibility index (Phi) is 10.8. The van der Waals surface area contributed by atoms with Gasteiger partial charge in [-0.3, -0.25) is 4.55 Å². The summed E-state index contributed by atoms with van der Waals surface area (Å²) in [7, 11) is -3.69. The number of sulfonamides is 1. The molecule has 0 spiro atoms. The highest BCUT2D eigenvalue weighted by Crippen LogP contribution is 2.22. The van der Waals surface area contributed by atoms with Crippen molar-refractivity contribution in [2.75, 3.05) is 32.7 Å². The van der Waals surface area contributed by atoms with Crippen molar-refractivity contribution in [1.82, 2.24) is 14.9 Å². The lowest BCUT2D eigenvalue weighted by Crippen LogP contribution is -2.36. The molecule has 1 atom stereocenters. The molecule has 0 amide bonds. The van der Waals surface area contributed by atoms with Gasteiger partial charge < -0.3 is 10.2 Å². The monoisotopic (exact) mass is 396 g/mol. The van der Waals surface area contributed by atoms with Crippen LogP contribution in [0.1, 0.15) is 44.9 Å². The van der Waals surface area contributed by atoms with Crippen molar-refractivity contribution < 1.29 is 17.2 Å². The molecule has 10 heteroatoms. The second-order valence-corrected chi connectivity index (χ2v) is 8.90. The van der Waals surface area contributed by atoms with Crippen LogP contribution in [0.4, 0.5) is 0 Å². The lowest BCUT2D eigenvalue weighted by atomic mass is 9.91. The summed E-state index contributed by atoms with van der Waals surface area (Å²) in [5.41, 5.74) is 0. The molecule has 1 saturated heterocycles. The number of unbranched alkanes of at least 4 members (excludes halogenated alkanes) is 2. The Balaban J connectivity index is 2.00. The number of likely N-dealkylation sites (tertiary alicyclic amines) is 1. The molecular formula is C15H32N4O4S2. The van der Waals surface area contributed by atoms with E-state index in [0.717, 1.165) is 44.8 Å². The van der Waals surface area contributed by atoms with Crippen LogP contribution >= 0.6 is 0 Å². The van der Waals surface area contributed by atoms with Gasteiger partial charge in [-0.25, -0.2) is 22.5 Å². The molecule has 1 aliphatic heterocycles. The minimum atomic E-state index is -3.69. The van der Waals surface area contributed by atoms with Gasteiger partial charge in [-0.05, 0) is 51.2 Å². The number of nitrogens with one attached hydrogen (secondary N) is 2. The number of primary sulfonamides is 1. The Hall–Kier alpha value is -0.520. The molecule has 5 N–H and O–H groups in total. The van der Waals surface area contributed by atoms with E-state index >= 15 is 0 Å². The summed E-state index contributed by atoms with van der Waals surface area (Å²) in [4.78, 5) is 2.42. The maximum absolute atomic E-state index is 11.0. The Morgan fingerprint density at radius 2 is 1.88 bits per heavy atom. The second kappa shape index (κ2) is 12.0. The third-order valence-electron chi connectivity index (χ3n) is 4.54. The topological polar surface area (TPSA) is 125 Å². The zero-order valence-electron chi connectivity index (χ0n) is 14.8. The van der Waals surface area contributed by atoms with Gasteiger partial charge in [0.2, 0.25) is 11.3 Å². The van der Waals surface area contributed by atoms with E-state index in [1.165, 1.54) is 25.7 Å². The van der Waals surface area contributed by atoms with Crippen molar-refractivity contribution >= 4 is 21.3 Å². The summed E-state index contributed by atoms with van der Waals surface area (Å²) in [6.07, 6.45) is 7.69. The standard InChI is InChI=1S/C15H32N4O4S2/c1-14(25(16,22)23)17-9-5-11-19-12-7-15(8-13-19)6-3-2-4-10-18-24(20)21/h15,17-18H,1-13H2,(H,20,21)(H2,16,22,23). The predicted octanol–water partition coefficient (Wildman–Crippen LogP) is 0.725. The smallest absolute Gasteiger partial charge is 0.252 e. The predicted molar refractivity (Wildman–Crippen MR) is 101 cm³/mol. The molecule has 1 fully saturated rings. The van der Waals surface area contributed by atoms with Crippen molar-refractivity contribution in [3.05, 3.63) is 11.6 Å². The van der Waals surface area contributed by atoms with E-state index in [4.69, 9.17) is 9.69 Å². The molecule has 1 unspecified atom stereocenters. The Bertz CT molecular complexity index is 520. The van der Waals surface area contributed by atoms with Crippen LogP contribution in [0.2, 0.25) is 0 Å². The zero-order valence-corrected chi connectivity index (χ0v) is 16.4. The van der Waals surface area contributed by atoms with Gasteiger partial charge in [0.15, 0.2) is 0 Å². The third kappa shape index (κ3) is 10.9. The third-order valence-corrected chi connectivity index (χ3v) is 5.82. The molecule has 0 radical (unpaired) electrons. The summed E-state index contributed by atoms with van der Waals surface area (Å²) in [5.74, 6) is 0.775. The Morgan fingerprint density at radius 3 is 2.48 bits per heavy atom. The normalized spacial score (nSPS) is 18.2. The van der Waals surface area contributed by atoms with Crippen LogP contribution in [0.15, 0.2) is 11.6 Å². The minimum absolute atomic E-state index is 0.119. The summed E-state index contributed by atoms with van der Waals surface area (Å²) < 4.78 is 43.6. The summed E-state index contributed by atoms with van der Waals surface area (Å²) in [6.45, 7) is 7.68. The van der Waals surface area contributed by atoms with Gasteiger partial charge in [0, 0.05) is 13.1 Å². The molecule has 0 bridgehead atoms. The lowest BCUT2D eigenvalue weighted by molar-refractivity contribution is 0.176. The first kappa shape index (κ1) is 22.5. The molecule has 0 aromatic heterocycles. The van der Waals surface area contributed by atoms with Gasteiger partial charge in [0.05, 0.1) is 0 Å². The number of rotatable bonds is 13. The molecule has 1 heterocycles. The van der Waals surface area contributed by atoms with Crippen molar-refractivity contribution in [2.24, 2.45) is 11.1 Å². The van der Waals surface area contributed by atoms with Crippen molar-refractivity contribution in [2.45, 2.75) is 44.9 Å². The Morgan fingerprint density at radius 1 is 1.20 bits per heavy atom. The van der Waals surface area contributed by atoms with Crippen LogP contribution in [0.25, 0.3) is 0 Å². The van der Waals surface area contributed by atoms with Crippen molar-refractivity contribution in [3.8, 4) is 0 Å². The van der Waals surface area contributed by atoms with E-state index in [0.29, 0.717) is 13.1 Å². The van der Waals surface area contributed by atoms with Crippen LogP contribution in [0, 0.1) is 5.92 Å². The fraction of sp³-hybridized carbons (Fsp3) is 0.867. The molecule has 0 aromatic rings. The van der Waals surface area contributed by atoms with Gasteiger partial charge in [-0.15, -0.1) is 0 Å². The highest BCUT2D eigenvalue weighted by Gasteiger charge is 2.18. The van der Waals surface area contributed by atoms with Gasteiger partial charge >= 0.3 is 0 Å². The zero-order chi connectivity index (χ0) is 18.7. The minimum Gasteiger partial charge on any atom is -0.375 e. The molecule has 0 aliphatic carbocycles. The average Bonchev–Trinajstić information content (AvgIpc) is 2.54. The van der Waals surface area contributed by atoms with Crippen LogP contribution in [-0.4, -0.2) is 54.8 Å². The summed E-state index contributed by atoms with van der Waals surface area (Å²) in [5, 5.41) is 7.60. The SMILES string of the molecule is C=C(NCCCN1CCC(CCCCCNS(=O)O)CC1)S(N)(=O)=O. The molecule has 1 rings (SSSR count). The van der Waals surface area contributed by atoms with Crippen molar-refractivity contribution in [3.63, 3.8) is 0 Å². The largest absolute Gasteiger partial charge is 0.375 e. The van der Waals surface area contributed by atoms with E-state index in [9.17, 15) is 12.6 Å². The average molecular weight is 397 g/mol. The molecule has 25 heavy (non-hydrogen) atoms. The fourth-order valence-corrected chi connectivity index (χ4v) is 3.65. The van der Waals surface area contributed by atoms with E-state index in [-0.39, 0.29) is 5.03 Å². The summed E-state index contributed by atoms with van der Waals surface area (Å²) >= 11 is -1.89. The number of piperidine rings is 1. The van der Waals surface area contributed by atoms with E-state index in [1.54, 1.807) is 0 Å². The van der Waals surface area contributed by atoms with Gasteiger partial charge in [0.25, 0.3) is 10.0 Å². The van der Waals surface area contributed by atoms with Crippen molar-refractivity contribution in [1.29, 1.82) is 0 Å². The molecule has 0 aromatic carbocycles. The Labute approximate surface area is 154 Å².